The van der Waals surface area contributed by atoms with Crippen LogP contribution < -0.4 is 5.73 Å². The first kappa shape index (κ1) is 9.71. The summed E-state index contributed by atoms with van der Waals surface area (Å²) in [4.78, 5) is 4.45. The number of rotatable bonds is 2. The van der Waals surface area contributed by atoms with Crippen molar-refractivity contribution in [3.8, 4) is 0 Å². The smallest absolute Gasteiger partial charge is 0.103 e. The first-order valence-electron chi connectivity index (χ1n) is 5.22. The van der Waals surface area contributed by atoms with Crippen LogP contribution in [0.15, 0.2) is 21.8 Å². The van der Waals surface area contributed by atoms with Gasteiger partial charge in [0.1, 0.15) is 5.84 Å². The molecule has 0 atom stereocenters. The van der Waals surface area contributed by atoms with Crippen molar-refractivity contribution >= 4 is 22.9 Å². The molecule has 1 aliphatic carbocycles. The third-order valence-corrected chi connectivity index (χ3v) is 3.46. The molecule has 1 aromatic rings. The van der Waals surface area contributed by atoms with E-state index in [4.69, 9.17) is 5.73 Å². The molecule has 0 spiro atoms. The molecule has 76 valence electrons. The van der Waals surface area contributed by atoms with Gasteiger partial charge in [0, 0.05) is 11.3 Å². The van der Waals surface area contributed by atoms with E-state index < -0.39 is 0 Å². The number of hydrogen-bond donors (Lipinski definition) is 1. The highest BCUT2D eigenvalue weighted by atomic mass is 32.1. The maximum Gasteiger partial charge on any atom is 0.103 e. The summed E-state index contributed by atoms with van der Waals surface area (Å²) in [7, 11) is 0. The van der Waals surface area contributed by atoms with Crippen LogP contribution in [0, 0.1) is 5.92 Å². The molecule has 0 amide bonds. The first-order chi connectivity index (χ1) is 6.86. The van der Waals surface area contributed by atoms with Crippen molar-refractivity contribution in [1.29, 1.82) is 0 Å². The van der Waals surface area contributed by atoms with Crippen LogP contribution >= 0.6 is 11.3 Å². The number of aliphatic imine (C=N–C) groups is 1. The topological polar surface area (TPSA) is 38.4 Å². The molecule has 0 bridgehead atoms. The average Bonchev–Trinajstić information content (AvgIpc) is 2.72. The molecule has 1 saturated carbocycles. The second kappa shape index (κ2) is 4.60. The van der Waals surface area contributed by atoms with Crippen LogP contribution in [0.2, 0.25) is 0 Å². The van der Waals surface area contributed by atoms with Crippen LogP contribution in [0.4, 0.5) is 5.69 Å². The molecule has 2 rings (SSSR count). The van der Waals surface area contributed by atoms with Gasteiger partial charge >= 0.3 is 0 Å². The summed E-state index contributed by atoms with van der Waals surface area (Å²) >= 11 is 1.67. The lowest BCUT2D eigenvalue weighted by molar-refractivity contribution is 0.437. The van der Waals surface area contributed by atoms with Crippen molar-refractivity contribution < 1.29 is 0 Å². The SMILES string of the molecule is NC(=Nc1ccsc1)C1CCCCC1. The molecular formula is C11H16N2S. The Kier molecular flexibility index (Phi) is 3.19. The summed E-state index contributed by atoms with van der Waals surface area (Å²) in [5.74, 6) is 1.37. The lowest BCUT2D eigenvalue weighted by atomic mass is 9.88. The number of thiophene rings is 1. The van der Waals surface area contributed by atoms with E-state index in [9.17, 15) is 0 Å². The molecule has 2 nitrogen and oxygen atoms in total. The van der Waals surface area contributed by atoms with E-state index in [-0.39, 0.29) is 0 Å². The summed E-state index contributed by atoms with van der Waals surface area (Å²) in [6, 6.07) is 2.01. The monoisotopic (exact) mass is 208 g/mol. The van der Waals surface area contributed by atoms with Crippen LogP contribution in [0.3, 0.4) is 0 Å². The van der Waals surface area contributed by atoms with Gasteiger partial charge in [0.2, 0.25) is 0 Å². The van der Waals surface area contributed by atoms with Crippen molar-refractivity contribution in [3.05, 3.63) is 16.8 Å². The second-order valence-electron chi connectivity index (χ2n) is 3.85. The van der Waals surface area contributed by atoms with Gasteiger partial charge in [-0.05, 0) is 24.3 Å². The highest BCUT2D eigenvalue weighted by Crippen LogP contribution is 2.25. The van der Waals surface area contributed by atoms with E-state index in [0.29, 0.717) is 5.92 Å². The van der Waals surface area contributed by atoms with Gasteiger partial charge in [-0.3, -0.25) is 0 Å². The zero-order valence-electron chi connectivity index (χ0n) is 8.28. The molecule has 3 heteroatoms. The predicted octanol–water partition coefficient (Wildman–Crippen LogP) is 3.32. The Balaban J connectivity index is 2.02. The Morgan fingerprint density at radius 1 is 1.36 bits per heavy atom. The molecule has 0 aromatic carbocycles. The molecule has 0 unspecified atom stereocenters. The minimum Gasteiger partial charge on any atom is -0.387 e. The Labute approximate surface area is 88.9 Å². The molecular weight excluding hydrogens is 192 g/mol. The maximum absolute atomic E-state index is 5.99. The molecule has 1 heterocycles. The largest absolute Gasteiger partial charge is 0.387 e. The van der Waals surface area contributed by atoms with E-state index in [0.717, 1.165) is 11.5 Å². The van der Waals surface area contributed by atoms with Gasteiger partial charge in [-0.15, -0.1) is 0 Å². The Morgan fingerprint density at radius 2 is 2.14 bits per heavy atom. The van der Waals surface area contributed by atoms with Crippen molar-refractivity contribution in [2.75, 3.05) is 0 Å². The lowest BCUT2D eigenvalue weighted by Crippen LogP contribution is -2.25. The van der Waals surface area contributed by atoms with Crippen LogP contribution in [0.25, 0.3) is 0 Å². The van der Waals surface area contributed by atoms with E-state index in [2.05, 4.69) is 4.99 Å². The van der Waals surface area contributed by atoms with Crippen LogP contribution in [0.1, 0.15) is 32.1 Å². The van der Waals surface area contributed by atoms with Crippen molar-refractivity contribution in [1.82, 2.24) is 0 Å². The fourth-order valence-electron chi connectivity index (χ4n) is 1.96. The molecule has 1 aromatic heterocycles. The van der Waals surface area contributed by atoms with Crippen molar-refractivity contribution in [3.63, 3.8) is 0 Å². The summed E-state index contributed by atoms with van der Waals surface area (Å²) in [6.45, 7) is 0. The zero-order valence-corrected chi connectivity index (χ0v) is 9.09. The molecule has 0 saturated heterocycles. The highest BCUT2D eigenvalue weighted by Gasteiger charge is 2.16. The number of hydrogen-bond acceptors (Lipinski definition) is 2. The number of nitrogens with two attached hydrogens (primary N) is 1. The molecule has 2 N–H and O–H groups in total. The number of nitrogens with zero attached hydrogens (tertiary/aromatic N) is 1. The maximum atomic E-state index is 5.99. The zero-order chi connectivity index (χ0) is 9.80. The Hall–Kier alpha value is -0.830. The van der Waals surface area contributed by atoms with Gasteiger partial charge in [-0.1, -0.05) is 19.3 Å². The molecule has 1 aliphatic rings. The quantitative estimate of drug-likeness (QED) is 0.587. The minimum absolute atomic E-state index is 0.531. The lowest BCUT2D eigenvalue weighted by Gasteiger charge is -2.20. The van der Waals surface area contributed by atoms with E-state index in [1.54, 1.807) is 11.3 Å². The van der Waals surface area contributed by atoms with Gasteiger partial charge in [0.25, 0.3) is 0 Å². The van der Waals surface area contributed by atoms with Gasteiger partial charge in [-0.25, -0.2) is 4.99 Å². The molecule has 0 aliphatic heterocycles. The third-order valence-electron chi connectivity index (χ3n) is 2.79. The summed E-state index contributed by atoms with van der Waals surface area (Å²) in [5.41, 5.74) is 7.01. The average molecular weight is 208 g/mol. The van der Waals surface area contributed by atoms with Crippen molar-refractivity contribution in [2.45, 2.75) is 32.1 Å². The second-order valence-corrected chi connectivity index (χ2v) is 4.63. The molecule has 0 radical (unpaired) electrons. The van der Waals surface area contributed by atoms with Gasteiger partial charge < -0.3 is 5.73 Å². The number of amidine groups is 1. The Bertz CT molecular complexity index is 297. The summed E-state index contributed by atoms with van der Waals surface area (Å²) < 4.78 is 0. The van der Waals surface area contributed by atoms with Gasteiger partial charge in [-0.2, -0.15) is 11.3 Å². The van der Waals surface area contributed by atoms with Crippen LogP contribution in [0.5, 0.6) is 0 Å². The van der Waals surface area contributed by atoms with E-state index in [1.807, 2.05) is 16.8 Å². The fourth-order valence-corrected chi connectivity index (χ4v) is 2.53. The minimum atomic E-state index is 0.531. The Morgan fingerprint density at radius 3 is 2.79 bits per heavy atom. The third kappa shape index (κ3) is 2.35. The van der Waals surface area contributed by atoms with Crippen molar-refractivity contribution in [2.24, 2.45) is 16.6 Å². The van der Waals surface area contributed by atoms with Gasteiger partial charge in [0.05, 0.1) is 5.69 Å². The predicted molar refractivity (Wildman–Crippen MR) is 62.2 cm³/mol. The van der Waals surface area contributed by atoms with E-state index in [1.165, 1.54) is 32.1 Å². The van der Waals surface area contributed by atoms with E-state index >= 15 is 0 Å². The molecule has 1 fully saturated rings. The fraction of sp³-hybridized carbons (Fsp3) is 0.545. The summed E-state index contributed by atoms with van der Waals surface area (Å²) in [5, 5.41) is 4.07. The summed E-state index contributed by atoms with van der Waals surface area (Å²) in [6.07, 6.45) is 6.43. The van der Waals surface area contributed by atoms with Crippen LogP contribution in [-0.2, 0) is 0 Å². The first-order valence-corrected chi connectivity index (χ1v) is 6.17. The van der Waals surface area contributed by atoms with Gasteiger partial charge in [0.15, 0.2) is 0 Å². The normalized spacial score (nSPS) is 19.9. The van der Waals surface area contributed by atoms with Crippen LogP contribution in [-0.4, -0.2) is 5.84 Å². The highest BCUT2D eigenvalue weighted by molar-refractivity contribution is 7.08. The standard InChI is InChI=1S/C11H16N2S/c12-11(9-4-2-1-3-5-9)13-10-6-7-14-8-10/h6-9H,1-5H2,(H2,12,13). The molecule has 14 heavy (non-hydrogen) atoms.